The quantitative estimate of drug-likeness (QED) is 0.893. The van der Waals surface area contributed by atoms with Crippen molar-refractivity contribution in [2.24, 2.45) is 0 Å². The zero-order chi connectivity index (χ0) is 17.1. The summed E-state index contributed by atoms with van der Waals surface area (Å²) >= 11 is 0. The molecule has 0 aliphatic rings. The Bertz CT molecular complexity index is 711. The van der Waals surface area contributed by atoms with Crippen LogP contribution in [0.3, 0.4) is 0 Å². The van der Waals surface area contributed by atoms with Crippen molar-refractivity contribution >= 4 is 11.6 Å². The highest BCUT2D eigenvalue weighted by molar-refractivity contribution is 5.95. The predicted molar refractivity (Wildman–Crippen MR) is 95.3 cm³/mol. The van der Waals surface area contributed by atoms with Gasteiger partial charge in [0.1, 0.15) is 5.75 Å². The average molecular weight is 311 g/mol. The van der Waals surface area contributed by atoms with Gasteiger partial charge in [-0.3, -0.25) is 4.79 Å². The first-order chi connectivity index (χ1) is 10.8. The van der Waals surface area contributed by atoms with Gasteiger partial charge in [-0.25, -0.2) is 0 Å². The highest BCUT2D eigenvalue weighted by atomic mass is 16.5. The Kier molecular flexibility index (Phi) is 5.09. The molecule has 0 saturated carbocycles. The molecule has 0 aliphatic heterocycles. The molecule has 0 heterocycles. The van der Waals surface area contributed by atoms with Crippen molar-refractivity contribution in [2.75, 3.05) is 5.32 Å². The van der Waals surface area contributed by atoms with Crippen molar-refractivity contribution in [1.82, 2.24) is 0 Å². The molecule has 1 N–H and O–H groups in total. The van der Waals surface area contributed by atoms with Crippen LogP contribution in [0.15, 0.2) is 30.3 Å². The van der Waals surface area contributed by atoms with Gasteiger partial charge < -0.3 is 10.1 Å². The van der Waals surface area contributed by atoms with Gasteiger partial charge in [-0.1, -0.05) is 35.4 Å². The summed E-state index contributed by atoms with van der Waals surface area (Å²) in [6, 6.07) is 10.1. The summed E-state index contributed by atoms with van der Waals surface area (Å²) < 4.78 is 5.83. The maximum atomic E-state index is 12.4. The molecule has 0 saturated heterocycles. The number of hydrogen-bond donors (Lipinski definition) is 1. The number of anilines is 1. The average Bonchev–Trinajstić information content (AvgIpc) is 2.45. The second kappa shape index (κ2) is 6.86. The fourth-order valence-electron chi connectivity index (χ4n) is 2.78. The predicted octanol–water partition coefficient (Wildman–Crippen LogP) is 4.63. The Labute approximate surface area is 138 Å². The number of aryl methyl sites for hydroxylation is 5. The van der Waals surface area contributed by atoms with E-state index in [1.165, 1.54) is 11.1 Å². The zero-order valence-corrected chi connectivity index (χ0v) is 14.8. The maximum Gasteiger partial charge on any atom is 0.265 e. The third kappa shape index (κ3) is 4.13. The van der Waals surface area contributed by atoms with Crippen LogP contribution in [0.2, 0.25) is 0 Å². The minimum absolute atomic E-state index is 0.139. The topological polar surface area (TPSA) is 38.3 Å². The Morgan fingerprint density at radius 3 is 2.04 bits per heavy atom. The van der Waals surface area contributed by atoms with Crippen molar-refractivity contribution in [3.63, 3.8) is 0 Å². The third-order valence-corrected chi connectivity index (χ3v) is 3.93. The van der Waals surface area contributed by atoms with Crippen molar-refractivity contribution in [3.05, 3.63) is 58.1 Å². The molecule has 2 aromatic rings. The van der Waals surface area contributed by atoms with E-state index in [0.717, 1.165) is 28.1 Å². The van der Waals surface area contributed by atoms with Gasteiger partial charge in [-0.2, -0.15) is 0 Å². The van der Waals surface area contributed by atoms with Crippen LogP contribution in [-0.2, 0) is 4.79 Å². The van der Waals surface area contributed by atoms with Crippen LogP contribution in [0.25, 0.3) is 0 Å². The molecule has 2 aromatic carbocycles. The number of carbonyl (C=O) groups excluding carboxylic acids is 1. The number of ether oxygens (including phenoxy) is 1. The minimum Gasteiger partial charge on any atom is -0.481 e. The Hall–Kier alpha value is -2.29. The molecule has 23 heavy (non-hydrogen) atoms. The summed E-state index contributed by atoms with van der Waals surface area (Å²) in [5.41, 5.74) is 6.41. The lowest BCUT2D eigenvalue weighted by Gasteiger charge is -2.18. The molecular weight excluding hydrogens is 286 g/mol. The second-order valence-corrected chi connectivity index (χ2v) is 6.29. The van der Waals surface area contributed by atoms with E-state index in [-0.39, 0.29) is 5.91 Å². The van der Waals surface area contributed by atoms with Gasteiger partial charge >= 0.3 is 0 Å². The molecule has 1 amide bonds. The Morgan fingerprint density at radius 2 is 1.48 bits per heavy atom. The van der Waals surface area contributed by atoms with Crippen LogP contribution in [0, 0.1) is 34.6 Å². The third-order valence-electron chi connectivity index (χ3n) is 3.93. The van der Waals surface area contributed by atoms with Crippen LogP contribution >= 0.6 is 0 Å². The van der Waals surface area contributed by atoms with Crippen LogP contribution in [0.4, 0.5) is 5.69 Å². The van der Waals surface area contributed by atoms with Crippen molar-refractivity contribution in [3.8, 4) is 5.75 Å². The molecule has 0 unspecified atom stereocenters. The van der Waals surface area contributed by atoms with Gasteiger partial charge in [0.05, 0.1) is 0 Å². The van der Waals surface area contributed by atoms with Crippen LogP contribution in [0.1, 0.15) is 34.7 Å². The first-order valence-electron chi connectivity index (χ1n) is 7.90. The van der Waals surface area contributed by atoms with Crippen LogP contribution in [0.5, 0.6) is 5.75 Å². The summed E-state index contributed by atoms with van der Waals surface area (Å²) in [6.07, 6.45) is -0.559. The van der Waals surface area contributed by atoms with E-state index in [1.54, 1.807) is 6.92 Å². The molecule has 0 aromatic heterocycles. The fraction of sp³-hybridized carbons (Fsp3) is 0.350. The standard InChI is InChI=1S/C20H25NO2/c1-12-7-8-18(14(3)9-12)23-17(6)20(22)21-19-15(4)10-13(2)11-16(19)5/h7-11,17H,1-6H3,(H,21,22)/t17-/m1/s1. The van der Waals surface area contributed by atoms with Gasteiger partial charge in [-0.15, -0.1) is 0 Å². The molecule has 3 nitrogen and oxygen atoms in total. The number of amides is 1. The molecule has 122 valence electrons. The number of carbonyl (C=O) groups is 1. The summed E-state index contributed by atoms with van der Waals surface area (Å²) in [4.78, 5) is 12.4. The highest BCUT2D eigenvalue weighted by Gasteiger charge is 2.17. The van der Waals surface area contributed by atoms with Gasteiger partial charge in [0, 0.05) is 5.69 Å². The number of benzene rings is 2. The molecule has 1 atom stereocenters. The van der Waals surface area contributed by atoms with Crippen molar-refractivity contribution in [1.29, 1.82) is 0 Å². The van der Waals surface area contributed by atoms with E-state index >= 15 is 0 Å². The Morgan fingerprint density at radius 1 is 0.913 bits per heavy atom. The van der Waals surface area contributed by atoms with E-state index in [9.17, 15) is 4.79 Å². The summed E-state index contributed by atoms with van der Waals surface area (Å²) in [6.45, 7) is 11.9. The molecule has 0 bridgehead atoms. The van der Waals surface area contributed by atoms with E-state index in [4.69, 9.17) is 4.74 Å². The smallest absolute Gasteiger partial charge is 0.265 e. The van der Waals surface area contributed by atoms with Gasteiger partial charge in [0.25, 0.3) is 5.91 Å². The number of hydrogen-bond acceptors (Lipinski definition) is 2. The van der Waals surface area contributed by atoms with E-state index < -0.39 is 6.10 Å². The lowest BCUT2D eigenvalue weighted by molar-refractivity contribution is -0.122. The summed E-state index contributed by atoms with van der Waals surface area (Å²) in [5, 5.41) is 2.99. The second-order valence-electron chi connectivity index (χ2n) is 6.29. The van der Waals surface area contributed by atoms with Crippen LogP contribution < -0.4 is 10.1 Å². The maximum absolute atomic E-state index is 12.4. The SMILES string of the molecule is Cc1ccc(O[C@H](C)C(=O)Nc2c(C)cc(C)cc2C)c(C)c1. The first kappa shape index (κ1) is 17.1. The van der Waals surface area contributed by atoms with E-state index in [2.05, 4.69) is 24.4 Å². The monoisotopic (exact) mass is 311 g/mol. The van der Waals surface area contributed by atoms with Crippen molar-refractivity contribution < 1.29 is 9.53 Å². The van der Waals surface area contributed by atoms with E-state index in [1.807, 2.05) is 45.9 Å². The zero-order valence-electron chi connectivity index (χ0n) is 14.8. The fourth-order valence-corrected chi connectivity index (χ4v) is 2.78. The lowest BCUT2D eigenvalue weighted by atomic mass is 10.0. The van der Waals surface area contributed by atoms with Crippen LogP contribution in [-0.4, -0.2) is 12.0 Å². The normalized spacial score (nSPS) is 11.9. The van der Waals surface area contributed by atoms with Crippen molar-refractivity contribution in [2.45, 2.75) is 47.6 Å². The summed E-state index contributed by atoms with van der Waals surface area (Å²) in [5.74, 6) is 0.607. The van der Waals surface area contributed by atoms with Gasteiger partial charge in [0.15, 0.2) is 6.10 Å². The molecule has 0 radical (unpaired) electrons. The Balaban J connectivity index is 2.11. The lowest BCUT2D eigenvalue weighted by Crippen LogP contribution is -2.30. The summed E-state index contributed by atoms with van der Waals surface area (Å²) in [7, 11) is 0. The molecular formula is C20H25NO2. The molecule has 0 fully saturated rings. The molecule has 0 spiro atoms. The minimum atomic E-state index is -0.559. The first-order valence-corrected chi connectivity index (χ1v) is 7.90. The molecule has 2 rings (SSSR count). The van der Waals surface area contributed by atoms with E-state index in [0.29, 0.717) is 0 Å². The number of nitrogens with one attached hydrogen (secondary N) is 1. The molecule has 0 aliphatic carbocycles. The number of rotatable bonds is 4. The highest BCUT2D eigenvalue weighted by Crippen LogP contribution is 2.23. The van der Waals surface area contributed by atoms with Gasteiger partial charge in [-0.05, 0) is 64.3 Å². The largest absolute Gasteiger partial charge is 0.481 e. The van der Waals surface area contributed by atoms with Gasteiger partial charge in [0.2, 0.25) is 0 Å². The molecule has 3 heteroatoms.